The summed E-state index contributed by atoms with van der Waals surface area (Å²) in [5.74, 6) is 0.827. The molecule has 0 bridgehead atoms. The van der Waals surface area contributed by atoms with Crippen molar-refractivity contribution < 1.29 is 22.7 Å². The summed E-state index contributed by atoms with van der Waals surface area (Å²) in [7, 11) is -3.79. The number of sulfonamides is 1. The number of hydrogen-bond donors (Lipinski definition) is 2. The second-order valence-corrected chi connectivity index (χ2v) is 11.1. The van der Waals surface area contributed by atoms with E-state index in [1.165, 1.54) is 24.3 Å². The van der Waals surface area contributed by atoms with E-state index in [1.54, 1.807) is 30.3 Å². The summed E-state index contributed by atoms with van der Waals surface area (Å²) in [6, 6.07) is 22.1. The van der Waals surface area contributed by atoms with Gasteiger partial charge in [0.2, 0.25) is 0 Å². The van der Waals surface area contributed by atoms with E-state index in [4.69, 9.17) is 9.47 Å². The molecule has 0 aliphatic rings. The highest BCUT2D eigenvalue weighted by Gasteiger charge is 2.15. The molecule has 0 spiro atoms. The summed E-state index contributed by atoms with van der Waals surface area (Å²) in [4.78, 5) is 12.5. The quantitative estimate of drug-likeness (QED) is 0.217. The van der Waals surface area contributed by atoms with Crippen LogP contribution in [0.1, 0.15) is 6.92 Å². The van der Waals surface area contributed by atoms with E-state index >= 15 is 0 Å². The SMILES string of the molecule is CCOc1ccc(NS(=O)(=O)c2ccc(NC(=O)COc3ccc4cc(Br)ccc4c3Br)cc2)cc1. The number of carbonyl (C=O) groups is 1. The number of hydrogen-bond acceptors (Lipinski definition) is 5. The topological polar surface area (TPSA) is 93.7 Å². The van der Waals surface area contributed by atoms with Crippen LogP contribution in [-0.2, 0) is 14.8 Å². The van der Waals surface area contributed by atoms with Crippen molar-refractivity contribution in [2.45, 2.75) is 11.8 Å². The Kier molecular flexibility index (Phi) is 8.17. The molecule has 10 heteroatoms. The Morgan fingerprint density at radius 1 is 0.861 bits per heavy atom. The van der Waals surface area contributed by atoms with Gasteiger partial charge in [-0.2, -0.15) is 0 Å². The predicted molar refractivity (Wildman–Crippen MR) is 148 cm³/mol. The van der Waals surface area contributed by atoms with Gasteiger partial charge in [-0.05, 0) is 100 Å². The first-order chi connectivity index (χ1) is 17.2. The fourth-order valence-corrected chi connectivity index (χ4v) is 5.46. The molecular formula is C26H22Br2N2O5S. The Morgan fingerprint density at radius 3 is 2.25 bits per heavy atom. The number of amides is 1. The molecule has 0 saturated heterocycles. The molecule has 0 aromatic heterocycles. The molecule has 0 atom stereocenters. The molecule has 0 aliphatic carbocycles. The van der Waals surface area contributed by atoms with E-state index in [1.807, 2.05) is 31.2 Å². The molecule has 0 radical (unpaired) electrons. The number of benzene rings is 4. The molecule has 0 aliphatic heterocycles. The van der Waals surface area contributed by atoms with Gasteiger partial charge in [0.05, 0.1) is 16.0 Å². The number of anilines is 2. The van der Waals surface area contributed by atoms with Crippen molar-refractivity contribution in [1.82, 2.24) is 0 Å². The van der Waals surface area contributed by atoms with Crippen molar-refractivity contribution in [2.75, 3.05) is 23.3 Å². The number of rotatable bonds is 9. The highest BCUT2D eigenvalue weighted by molar-refractivity contribution is 9.11. The lowest BCUT2D eigenvalue weighted by Gasteiger charge is -2.12. The average molecular weight is 634 g/mol. The third kappa shape index (κ3) is 6.37. The lowest BCUT2D eigenvalue weighted by molar-refractivity contribution is -0.118. The third-order valence-electron chi connectivity index (χ3n) is 5.11. The van der Waals surface area contributed by atoms with Crippen LogP contribution < -0.4 is 19.5 Å². The Bertz CT molecular complexity index is 1490. The van der Waals surface area contributed by atoms with Gasteiger partial charge >= 0.3 is 0 Å². The molecule has 4 aromatic rings. The maximum atomic E-state index is 12.7. The minimum atomic E-state index is -3.79. The van der Waals surface area contributed by atoms with Crippen molar-refractivity contribution in [2.24, 2.45) is 0 Å². The summed E-state index contributed by atoms with van der Waals surface area (Å²) in [6.45, 7) is 2.19. The van der Waals surface area contributed by atoms with E-state index < -0.39 is 10.0 Å². The average Bonchev–Trinajstić information content (AvgIpc) is 2.85. The summed E-state index contributed by atoms with van der Waals surface area (Å²) in [5, 5.41) is 4.70. The van der Waals surface area contributed by atoms with Crippen molar-refractivity contribution >= 4 is 69.9 Å². The number of nitrogens with one attached hydrogen (secondary N) is 2. The first kappa shape index (κ1) is 26.0. The van der Waals surface area contributed by atoms with Crippen LogP contribution in [0, 0.1) is 0 Å². The van der Waals surface area contributed by atoms with Crippen LogP contribution in [0.5, 0.6) is 11.5 Å². The van der Waals surface area contributed by atoms with Crippen LogP contribution in [0.15, 0.2) is 92.7 Å². The Balaban J connectivity index is 1.35. The molecule has 7 nitrogen and oxygen atoms in total. The zero-order valence-electron chi connectivity index (χ0n) is 19.1. The summed E-state index contributed by atoms with van der Waals surface area (Å²) >= 11 is 7.00. The van der Waals surface area contributed by atoms with E-state index in [0.29, 0.717) is 29.5 Å². The van der Waals surface area contributed by atoms with Crippen molar-refractivity contribution in [1.29, 1.82) is 0 Å². The molecule has 0 fully saturated rings. The van der Waals surface area contributed by atoms with Crippen molar-refractivity contribution in [3.63, 3.8) is 0 Å². The Labute approximate surface area is 226 Å². The molecule has 36 heavy (non-hydrogen) atoms. The van der Waals surface area contributed by atoms with Crippen molar-refractivity contribution in [3.8, 4) is 11.5 Å². The van der Waals surface area contributed by atoms with Gasteiger partial charge in [0.15, 0.2) is 6.61 Å². The Hall–Kier alpha value is -3.08. The maximum absolute atomic E-state index is 12.7. The van der Waals surface area contributed by atoms with Crippen LogP contribution in [0.2, 0.25) is 0 Å². The van der Waals surface area contributed by atoms with Gasteiger partial charge in [0.25, 0.3) is 15.9 Å². The van der Waals surface area contributed by atoms with E-state index in [0.717, 1.165) is 19.7 Å². The lowest BCUT2D eigenvalue weighted by Crippen LogP contribution is -2.20. The number of fused-ring (bicyclic) bond motifs is 1. The van der Waals surface area contributed by atoms with Gasteiger partial charge in [-0.1, -0.05) is 28.1 Å². The van der Waals surface area contributed by atoms with E-state index in [-0.39, 0.29) is 17.4 Å². The minimum Gasteiger partial charge on any atom is -0.494 e. The molecule has 4 aromatic carbocycles. The number of ether oxygens (including phenoxy) is 2. The summed E-state index contributed by atoms with van der Waals surface area (Å²) < 4.78 is 40.7. The van der Waals surface area contributed by atoms with E-state index in [9.17, 15) is 13.2 Å². The molecule has 4 rings (SSSR count). The molecule has 0 unspecified atom stereocenters. The monoisotopic (exact) mass is 632 g/mol. The zero-order chi connectivity index (χ0) is 25.7. The molecule has 0 heterocycles. The van der Waals surface area contributed by atoms with Gasteiger partial charge in [0, 0.05) is 15.8 Å². The van der Waals surface area contributed by atoms with Crippen LogP contribution in [0.25, 0.3) is 10.8 Å². The lowest BCUT2D eigenvalue weighted by atomic mass is 10.1. The Morgan fingerprint density at radius 2 is 1.56 bits per heavy atom. The first-order valence-corrected chi connectivity index (χ1v) is 14.0. The molecule has 0 saturated carbocycles. The second kappa shape index (κ2) is 11.3. The second-order valence-electron chi connectivity index (χ2n) is 7.67. The highest BCUT2D eigenvalue weighted by Crippen LogP contribution is 2.34. The van der Waals surface area contributed by atoms with Gasteiger partial charge in [0.1, 0.15) is 11.5 Å². The fraction of sp³-hybridized carbons (Fsp3) is 0.115. The molecular weight excluding hydrogens is 612 g/mol. The predicted octanol–water partition coefficient (Wildman–Crippen LogP) is 6.58. The largest absolute Gasteiger partial charge is 0.494 e. The summed E-state index contributed by atoms with van der Waals surface area (Å²) in [5.41, 5.74) is 0.867. The molecule has 1 amide bonds. The summed E-state index contributed by atoms with van der Waals surface area (Å²) in [6.07, 6.45) is 0. The zero-order valence-corrected chi connectivity index (χ0v) is 23.1. The number of halogens is 2. The fourth-order valence-electron chi connectivity index (χ4n) is 3.41. The standard InChI is InChI=1S/C26H22Br2N2O5S/c1-2-34-21-9-5-20(6-10-21)30-36(32,33)22-11-7-19(8-12-22)29-25(31)16-35-24-14-3-17-15-18(27)4-13-23(17)26(24)28/h3-15,30H,2,16H2,1H3,(H,29,31). The van der Waals surface area contributed by atoms with Crippen LogP contribution in [0.4, 0.5) is 11.4 Å². The number of carbonyl (C=O) groups excluding carboxylic acids is 1. The van der Waals surface area contributed by atoms with Crippen LogP contribution >= 0.6 is 31.9 Å². The van der Waals surface area contributed by atoms with Gasteiger partial charge < -0.3 is 14.8 Å². The smallest absolute Gasteiger partial charge is 0.262 e. The van der Waals surface area contributed by atoms with Gasteiger partial charge in [-0.25, -0.2) is 8.42 Å². The van der Waals surface area contributed by atoms with Gasteiger partial charge in [-0.15, -0.1) is 0 Å². The van der Waals surface area contributed by atoms with Gasteiger partial charge in [-0.3, -0.25) is 9.52 Å². The van der Waals surface area contributed by atoms with Crippen molar-refractivity contribution in [3.05, 3.63) is 87.8 Å². The highest BCUT2D eigenvalue weighted by atomic mass is 79.9. The van der Waals surface area contributed by atoms with Crippen LogP contribution in [-0.4, -0.2) is 27.5 Å². The molecule has 186 valence electrons. The van der Waals surface area contributed by atoms with E-state index in [2.05, 4.69) is 41.9 Å². The van der Waals surface area contributed by atoms with Crippen LogP contribution in [0.3, 0.4) is 0 Å². The first-order valence-electron chi connectivity index (χ1n) is 10.9. The normalized spacial score (nSPS) is 11.2. The maximum Gasteiger partial charge on any atom is 0.262 e. The third-order valence-corrected chi connectivity index (χ3v) is 7.81. The minimum absolute atomic E-state index is 0.0670. The molecule has 2 N–H and O–H groups in total.